The topological polar surface area (TPSA) is 84.1 Å². The second-order valence-corrected chi connectivity index (χ2v) is 8.10. The molecule has 1 aliphatic rings. The maximum absolute atomic E-state index is 13.1. The molecule has 29 heavy (non-hydrogen) atoms. The fourth-order valence-corrected chi connectivity index (χ4v) is 4.46. The zero-order valence-electron chi connectivity index (χ0n) is 17.0. The molecule has 0 spiro atoms. The van der Waals surface area contributed by atoms with Gasteiger partial charge >= 0.3 is 5.69 Å². The van der Waals surface area contributed by atoms with Crippen LogP contribution < -0.4 is 11.4 Å². The van der Waals surface area contributed by atoms with E-state index in [4.69, 9.17) is 5.73 Å². The van der Waals surface area contributed by atoms with Gasteiger partial charge in [0.25, 0.3) is 5.91 Å². The Hall–Kier alpha value is -2.86. The molecule has 0 atom stereocenters. The molecule has 152 valence electrons. The molecule has 0 unspecified atom stereocenters. The summed E-state index contributed by atoms with van der Waals surface area (Å²) in [6.45, 7) is 5.93. The van der Waals surface area contributed by atoms with Crippen LogP contribution in [0.2, 0.25) is 0 Å². The highest BCUT2D eigenvalue weighted by Gasteiger charge is 2.26. The van der Waals surface area contributed by atoms with Gasteiger partial charge in [0.15, 0.2) is 0 Å². The SMILES string of the molecule is CC(C)n1c(=O)[nH]c2ccc(C(=O)N3CCC(c4ccccc4CN)CC3)cc21. The van der Waals surface area contributed by atoms with Gasteiger partial charge in [-0.1, -0.05) is 24.3 Å². The van der Waals surface area contributed by atoms with Crippen LogP contribution in [0.5, 0.6) is 0 Å². The smallest absolute Gasteiger partial charge is 0.326 e. The molecule has 0 saturated carbocycles. The van der Waals surface area contributed by atoms with Crippen LogP contribution in [-0.2, 0) is 6.54 Å². The van der Waals surface area contributed by atoms with E-state index in [1.165, 1.54) is 11.1 Å². The summed E-state index contributed by atoms with van der Waals surface area (Å²) < 4.78 is 1.70. The zero-order chi connectivity index (χ0) is 20.5. The summed E-state index contributed by atoms with van der Waals surface area (Å²) in [5.41, 5.74) is 10.4. The molecule has 1 fully saturated rings. The minimum Gasteiger partial charge on any atom is -0.339 e. The average molecular weight is 393 g/mol. The second kappa shape index (κ2) is 7.87. The number of imidazole rings is 1. The van der Waals surface area contributed by atoms with Gasteiger partial charge in [0, 0.05) is 31.2 Å². The van der Waals surface area contributed by atoms with Crippen molar-refractivity contribution in [1.82, 2.24) is 14.5 Å². The Morgan fingerprint density at radius 2 is 1.90 bits per heavy atom. The van der Waals surface area contributed by atoms with Crippen LogP contribution >= 0.6 is 0 Å². The van der Waals surface area contributed by atoms with Crippen molar-refractivity contribution in [3.05, 3.63) is 69.6 Å². The van der Waals surface area contributed by atoms with E-state index < -0.39 is 0 Å². The predicted molar refractivity (Wildman–Crippen MR) is 115 cm³/mol. The molecule has 4 rings (SSSR count). The van der Waals surface area contributed by atoms with Crippen molar-refractivity contribution in [3.63, 3.8) is 0 Å². The lowest BCUT2D eigenvalue weighted by molar-refractivity contribution is 0.0713. The summed E-state index contributed by atoms with van der Waals surface area (Å²) in [6.07, 6.45) is 1.87. The molecular formula is C23H28N4O2. The van der Waals surface area contributed by atoms with Crippen molar-refractivity contribution in [2.45, 2.75) is 45.2 Å². The van der Waals surface area contributed by atoms with Crippen LogP contribution in [0, 0.1) is 0 Å². The van der Waals surface area contributed by atoms with E-state index in [-0.39, 0.29) is 17.6 Å². The second-order valence-electron chi connectivity index (χ2n) is 8.10. The molecule has 3 aromatic rings. The number of H-pyrrole nitrogens is 1. The van der Waals surface area contributed by atoms with Crippen LogP contribution in [-0.4, -0.2) is 33.4 Å². The summed E-state index contributed by atoms with van der Waals surface area (Å²) in [6, 6.07) is 13.8. The van der Waals surface area contributed by atoms with Gasteiger partial charge in [0.2, 0.25) is 0 Å². The summed E-state index contributed by atoms with van der Waals surface area (Å²) >= 11 is 0. The number of aromatic amines is 1. The third-order valence-electron chi connectivity index (χ3n) is 5.98. The van der Waals surface area contributed by atoms with E-state index in [9.17, 15) is 9.59 Å². The van der Waals surface area contributed by atoms with Crippen molar-refractivity contribution in [3.8, 4) is 0 Å². The van der Waals surface area contributed by atoms with Crippen LogP contribution in [0.15, 0.2) is 47.3 Å². The molecule has 1 amide bonds. The molecule has 2 aromatic carbocycles. The van der Waals surface area contributed by atoms with E-state index in [2.05, 4.69) is 23.2 Å². The lowest BCUT2D eigenvalue weighted by Gasteiger charge is -2.33. The number of nitrogens with two attached hydrogens (primary N) is 1. The summed E-state index contributed by atoms with van der Waals surface area (Å²) in [4.78, 5) is 30.1. The molecule has 6 heteroatoms. The number of piperidine rings is 1. The molecular weight excluding hydrogens is 364 g/mol. The normalized spacial score (nSPS) is 15.4. The molecule has 1 aliphatic heterocycles. The first-order chi connectivity index (χ1) is 14.0. The molecule has 1 aromatic heterocycles. The van der Waals surface area contributed by atoms with Crippen molar-refractivity contribution >= 4 is 16.9 Å². The summed E-state index contributed by atoms with van der Waals surface area (Å²) in [7, 11) is 0. The van der Waals surface area contributed by atoms with Crippen LogP contribution in [0.3, 0.4) is 0 Å². The van der Waals surface area contributed by atoms with Crippen molar-refractivity contribution in [2.24, 2.45) is 5.73 Å². The Balaban J connectivity index is 1.53. The molecule has 0 radical (unpaired) electrons. The third kappa shape index (κ3) is 3.60. The molecule has 2 heterocycles. The van der Waals surface area contributed by atoms with Gasteiger partial charge in [-0.3, -0.25) is 9.36 Å². The standard InChI is InChI=1S/C23H28N4O2/c1-15(2)27-21-13-17(7-8-20(21)25-23(27)29)22(28)26-11-9-16(10-12-26)19-6-4-3-5-18(19)14-24/h3-8,13,15-16H,9-12,14,24H2,1-2H3,(H,25,29). The van der Waals surface area contributed by atoms with E-state index in [1.807, 2.05) is 36.9 Å². The van der Waals surface area contributed by atoms with Gasteiger partial charge in [-0.2, -0.15) is 0 Å². The molecule has 6 nitrogen and oxygen atoms in total. The van der Waals surface area contributed by atoms with E-state index >= 15 is 0 Å². The highest BCUT2D eigenvalue weighted by molar-refractivity contribution is 5.97. The largest absolute Gasteiger partial charge is 0.339 e. The highest BCUT2D eigenvalue weighted by Crippen LogP contribution is 2.31. The molecule has 3 N–H and O–H groups in total. The number of nitrogens with zero attached hydrogens (tertiary/aromatic N) is 2. The maximum atomic E-state index is 13.1. The number of nitrogens with one attached hydrogen (secondary N) is 1. The summed E-state index contributed by atoms with van der Waals surface area (Å²) in [5.74, 6) is 0.471. The number of rotatable bonds is 4. The number of likely N-dealkylation sites (tertiary alicyclic amines) is 1. The van der Waals surface area contributed by atoms with Gasteiger partial charge in [-0.15, -0.1) is 0 Å². The van der Waals surface area contributed by atoms with Crippen LogP contribution in [0.4, 0.5) is 0 Å². The number of carbonyl (C=O) groups is 1. The van der Waals surface area contributed by atoms with Gasteiger partial charge < -0.3 is 15.6 Å². The van der Waals surface area contributed by atoms with Gasteiger partial charge in [0.1, 0.15) is 0 Å². The van der Waals surface area contributed by atoms with Gasteiger partial charge in [-0.05, 0) is 61.9 Å². The molecule has 1 saturated heterocycles. The number of aromatic nitrogens is 2. The third-order valence-corrected chi connectivity index (χ3v) is 5.98. The number of fused-ring (bicyclic) bond motifs is 1. The Kier molecular flexibility index (Phi) is 5.28. The zero-order valence-corrected chi connectivity index (χ0v) is 17.0. The molecule has 0 aliphatic carbocycles. The minimum absolute atomic E-state index is 0.0277. The Morgan fingerprint density at radius 3 is 2.59 bits per heavy atom. The Morgan fingerprint density at radius 1 is 1.17 bits per heavy atom. The van der Waals surface area contributed by atoms with E-state index in [1.54, 1.807) is 10.6 Å². The number of hydrogen-bond donors (Lipinski definition) is 2. The maximum Gasteiger partial charge on any atom is 0.326 e. The van der Waals surface area contributed by atoms with Crippen LogP contribution in [0.1, 0.15) is 60.1 Å². The fraction of sp³-hybridized carbons (Fsp3) is 0.391. The number of amides is 1. The van der Waals surface area contributed by atoms with E-state index in [0.717, 1.165) is 37.0 Å². The van der Waals surface area contributed by atoms with Gasteiger partial charge in [-0.25, -0.2) is 4.79 Å². The number of carbonyl (C=O) groups excluding carboxylic acids is 1. The first-order valence-electron chi connectivity index (χ1n) is 10.3. The fourth-order valence-electron chi connectivity index (χ4n) is 4.46. The summed E-state index contributed by atoms with van der Waals surface area (Å²) in [5, 5.41) is 0. The lowest BCUT2D eigenvalue weighted by atomic mass is 9.86. The predicted octanol–water partition coefficient (Wildman–Crippen LogP) is 3.39. The van der Waals surface area contributed by atoms with E-state index in [0.29, 0.717) is 18.0 Å². The van der Waals surface area contributed by atoms with Gasteiger partial charge in [0.05, 0.1) is 11.0 Å². The minimum atomic E-state index is -0.140. The highest BCUT2D eigenvalue weighted by atomic mass is 16.2. The van der Waals surface area contributed by atoms with Crippen molar-refractivity contribution in [2.75, 3.05) is 13.1 Å². The first-order valence-corrected chi connectivity index (χ1v) is 10.3. The van der Waals surface area contributed by atoms with Crippen LogP contribution in [0.25, 0.3) is 11.0 Å². The Bertz CT molecular complexity index is 1090. The quantitative estimate of drug-likeness (QED) is 0.714. The number of benzene rings is 2. The van der Waals surface area contributed by atoms with Crippen molar-refractivity contribution in [1.29, 1.82) is 0 Å². The molecule has 0 bridgehead atoms. The number of hydrogen-bond acceptors (Lipinski definition) is 3. The lowest BCUT2D eigenvalue weighted by Crippen LogP contribution is -2.38. The average Bonchev–Trinajstić information content (AvgIpc) is 3.08. The monoisotopic (exact) mass is 392 g/mol. The first kappa shape index (κ1) is 19.5. The van der Waals surface area contributed by atoms with Crippen molar-refractivity contribution < 1.29 is 4.79 Å². The Labute approximate surface area is 170 Å².